The Morgan fingerprint density at radius 3 is 2.68 bits per heavy atom. The number of nitrogens with one attached hydrogen (secondary N) is 1. The molecule has 1 amide bonds. The lowest BCUT2D eigenvalue weighted by Crippen LogP contribution is -2.19. The van der Waals surface area contributed by atoms with E-state index in [1.54, 1.807) is 0 Å². The zero-order valence-electron chi connectivity index (χ0n) is 11.8. The minimum Gasteiger partial charge on any atom is -0.300 e. The molecule has 0 atom stereocenters. The number of rotatable bonds is 2. The van der Waals surface area contributed by atoms with Crippen molar-refractivity contribution < 1.29 is 4.79 Å². The van der Waals surface area contributed by atoms with Crippen LogP contribution >= 0.6 is 27.7 Å². The van der Waals surface area contributed by atoms with Gasteiger partial charge in [-0.2, -0.15) is 0 Å². The predicted molar refractivity (Wildman–Crippen MR) is 96.1 cm³/mol. The summed E-state index contributed by atoms with van der Waals surface area (Å²) in [4.78, 5) is 17.1. The number of hydrogen-bond acceptors (Lipinski definition) is 3. The largest absolute Gasteiger partial charge is 0.300 e. The standard InChI is InChI=1S/C17H13BrN2OS/c1-11-3-2-4-14(9-11)19-17-20-16(21)15(22-17)10-12-5-7-13(18)8-6-12/h2-10H,1H3,(H,19,20,21). The summed E-state index contributed by atoms with van der Waals surface area (Å²) in [5.41, 5.74) is 2.96. The summed E-state index contributed by atoms with van der Waals surface area (Å²) in [6.07, 6.45) is 1.87. The summed E-state index contributed by atoms with van der Waals surface area (Å²) in [5, 5.41) is 3.41. The molecule has 1 N–H and O–H groups in total. The van der Waals surface area contributed by atoms with Crippen LogP contribution in [0.5, 0.6) is 0 Å². The normalized spacial score (nSPS) is 18.0. The molecule has 0 aliphatic carbocycles. The smallest absolute Gasteiger partial charge is 0.264 e. The van der Waals surface area contributed by atoms with Gasteiger partial charge in [-0.3, -0.25) is 4.79 Å². The monoisotopic (exact) mass is 372 g/mol. The number of aliphatic imine (C=N–C) groups is 1. The molecule has 110 valence electrons. The molecular weight excluding hydrogens is 360 g/mol. The second-order valence-corrected chi connectivity index (χ2v) is 6.82. The summed E-state index contributed by atoms with van der Waals surface area (Å²) in [6.45, 7) is 2.02. The van der Waals surface area contributed by atoms with Gasteiger partial charge in [0.2, 0.25) is 0 Å². The second kappa shape index (κ2) is 6.50. The predicted octanol–water partition coefficient (Wildman–Crippen LogP) is 4.65. The van der Waals surface area contributed by atoms with E-state index in [4.69, 9.17) is 0 Å². The Hall–Kier alpha value is -1.85. The van der Waals surface area contributed by atoms with E-state index in [1.165, 1.54) is 11.8 Å². The van der Waals surface area contributed by atoms with Crippen LogP contribution in [0.1, 0.15) is 11.1 Å². The van der Waals surface area contributed by atoms with Gasteiger partial charge in [-0.25, -0.2) is 4.99 Å². The zero-order chi connectivity index (χ0) is 15.5. The first-order valence-electron chi connectivity index (χ1n) is 6.72. The van der Waals surface area contributed by atoms with E-state index in [9.17, 15) is 4.79 Å². The van der Waals surface area contributed by atoms with Gasteiger partial charge in [-0.15, -0.1) is 0 Å². The molecule has 2 aromatic rings. The third kappa shape index (κ3) is 3.67. The molecule has 22 heavy (non-hydrogen) atoms. The molecule has 1 aliphatic rings. The molecule has 1 fully saturated rings. The maximum atomic E-state index is 12.0. The van der Waals surface area contributed by atoms with Gasteiger partial charge in [0.1, 0.15) is 0 Å². The van der Waals surface area contributed by atoms with Crippen molar-refractivity contribution >= 4 is 50.5 Å². The molecule has 1 heterocycles. The van der Waals surface area contributed by atoms with E-state index >= 15 is 0 Å². The number of amidine groups is 1. The van der Waals surface area contributed by atoms with Gasteiger partial charge in [0.15, 0.2) is 5.17 Å². The van der Waals surface area contributed by atoms with Crippen LogP contribution in [0.4, 0.5) is 5.69 Å². The quantitative estimate of drug-likeness (QED) is 0.779. The summed E-state index contributed by atoms with van der Waals surface area (Å²) in [6, 6.07) is 15.7. The fraction of sp³-hybridized carbons (Fsp3) is 0.0588. The number of halogens is 1. The van der Waals surface area contributed by atoms with E-state index in [2.05, 4.69) is 26.2 Å². The third-order valence-corrected chi connectivity index (χ3v) is 4.49. The van der Waals surface area contributed by atoms with Crippen LogP contribution in [0, 0.1) is 6.92 Å². The van der Waals surface area contributed by atoms with Gasteiger partial charge < -0.3 is 5.32 Å². The molecule has 5 heteroatoms. The first-order valence-corrected chi connectivity index (χ1v) is 8.33. The minimum atomic E-state index is -0.112. The SMILES string of the molecule is Cc1cccc(N=C2NC(=O)C(=Cc3ccc(Br)cc3)S2)c1. The zero-order valence-corrected chi connectivity index (χ0v) is 14.2. The van der Waals surface area contributed by atoms with E-state index in [0.717, 1.165) is 21.3 Å². The van der Waals surface area contributed by atoms with Crippen molar-refractivity contribution in [2.45, 2.75) is 6.92 Å². The summed E-state index contributed by atoms with van der Waals surface area (Å²) < 4.78 is 1.01. The molecule has 0 bridgehead atoms. The Morgan fingerprint density at radius 2 is 1.95 bits per heavy atom. The molecule has 3 nitrogen and oxygen atoms in total. The van der Waals surface area contributed by atoms with Crippen LogP contribution < -0.4 is 5.32 Å². The van der Waals surface area contributed by atoms with Gasteiger partial charge in [0, 0.05) is 4.47 Å². The molecular formula is C17H13BrN2OS. The molecule has 3 rings (SSSR count). The number of carbonyl (C=O) groups is 1. The Bertz CT molecular complexity index is 782. The molecule has 0 spiro atoms. The minimum absolute atomic E-state index is 0.112. The molecule has 0 aromatic heterocycles. The highest BCUT2D eigenvalue weighted by molar-refractivity contribution is 9.10. The average molecular weight is 373 g/mol. The van der Waals surface area contributed by atoms with Crippen molar-refractivity contribution in [2.24, 2.45) is 4.99 Å². The fourth-order valence-corrected chi connectivity index (χ4v) is 3.11. The van der Waals surface area contributed by atoms with Crippen molar-refractivity contribution in [3.8, 4) is 0 Å². The van der Waals surface area contributed by atoms with Crippen molar-refractivity contribution in [1.82, 2.24) is 5.32 Å². The molecule has 0 radical (unpaired) electrons. The maximum Gasteiger partial charge on any atom is 0.264 e. The lowest BCUT2D eigenvalue weighted by atomic mass is 10.2. The van der Waals surface area contributed by atoms with Gasteiger partial charge in [0.05, 0.1) is 10.6 Å². The van der Waals surface area contributed by atoms with Crippen LogP contribution in [-0.2, 0) is 4.79 Å². The van der Waals surface area contributed by atoms with E-state index in [0.29, 0.717) is 10.1 Å². The van der Waals surface area contributed by atoms with Crippen LogP contribution in [0.15, 0.2) is 62.9 Å². The van der Waals surface area contributed by atoms with Crippen molar-refractivity contribution in [3.63, 3.8) is 0 Å². The van der Waals surface area contributed by atoms with Gasteiger partial charge in [0.25, 0.3) is 5.91 Å². The van der Waals surface area contributed by atoms with Crippen LogP contribution in [-0.4, -0.2) is 11.1 Å². The molecule has 1 saturated heterocycles. The maximum absolute atomic E-state index is 12.0. The van der Waals surface area contributed by atoms with Gasteiger partial charge >= 0.3 is 0 Å². The number of carbonyl (C=O) groups excluding carboxylic acids is 1. The van der Waals surface area contributed by atoms with Gasteiger partial charge in [-0.05, 0) is 60.2 Å². The van der Waals surface area contributed by atoms with E-state index in [-0.39, 0.29) is 5.91 Å². The van der Waals surface area contributed by atoms with E-state index < -0.39 is 0 Å². The highest BCUT2D eigenvalue weighted by Crippen LogP contribution is 2.28. The number of benzene rings is 2. The van der Waals surface area contributed by atoms with Crippen LogP contribution in [0.2, 0.25) is 0 Å². The second-order valence-electron chi connectivity index (χ2n) is 4.87. The number of amides is 1. The molecule has 0 unspecified atom stereocenters. The van der Waals surface area contributed by atoms with Crippen LogP contribution in [0.3, 0.4) is 0 Å². The Morgan fingerprint density at radius 1 is 1.18 bits per heavy atom. The van der Waals surface area contributed by atoms with E-state index in [1.807, 2.05) is 61.5 Å². The Balaban J connectivity index is 1.82. The van der Waals surface area contributed by atoms with Gasteiger partial charge in [-0.1, -0.05) is 40.2 Å². The lowest BCUT2D eigenvalue weighted by Gasteiger charge is -1.97. The molecule has 1 aliphatic heterocycles. The number of nitrogens with zero attached hydrogens (tertiary/aromatic N) is 1. The summed E-state index contributed by atoms with van der Waals surface area (Å²) in [5.74, 6) is -0.112. The lowest BCUT2D eigenvalue weighted by molar-refractivity contribution is -0.115. The fourth-order valence-electron chi connectivity index (χ4n) is 2.01. The number of hydrogen-bond donors (Lipinski definition) is 1. The summed E-state index contributed by atoms with van der Waals surface area (Å²) in [7, 11) is 0. The molecule has 2 aromatic carbocycles. The third-order valence-electron chi connectivity index (χ3n) is 3.05. The number of aryl methyl sites for hydroxylation is 1. The number of thioether (sulfide) groups is 1. The van der Waals surface area contributed by atoms with Crippen molar-refractivity contribution in [2.75, 3.05) is 0 Å². The Labute approximate surface area is 141 Å². The Kier molecular flexibility index (Phi) is 4.45. The summed E-state index contributed by atoms with van der Waals surface area (Å²) >= 11 is 4.76. The molecule has 0 saturated carbocycles. The van der Waals surface area contributed by atoms with Crippen molar-refractivity contribution in [1.29, 1.82) is 0 Å². The first-order chi connectivity index (χ1) is 10.6. The van der Waals surface area contributed by atoms with Crippen molar-refractivity contribution in [3.05, 3.63) is 69.0 Å². The van der Waals surface area contributed by atoms with Crippen LogP contribution in [0.25, 0.3) is 6.08 Å². The topological polar surface area (TPSA) is 41.5 Å². The highest BCUT2D eigenvalue weighted by atomic mass is 79.9. The first kappa shape index (κ1) is 15.1. The highest BCUT2D eigenvalue weighted by Gasteiger charge is 2.23. The average Bonchev–Trinajstić information content (AvgIpc) is 2.81.